The zero-order valence-corrected chi connectivity index (χ0v) is 16.9. The zero-order chi connectivity index (χ0) is 19.8. The van der Waals surface area contributed by atoms with Gasteiger partial charge in [-0.1, -0.05) is 60.5 Å². The smallest absolute Gasteiger partial charge is 0.242 e. The fourth-order valence-electron chi connectivity index (χ4n) is 2.79. The summed E-state index contributed by atoms with van der Waals surface area (Å²) in [5.41, 5.74) is 2.99. The van der Waals surface area contributed by atoms with Crippen molar-refractivity contribution < 1.29 is 9.59 Å². The molecule has 5 heteroatoms. The number of benzene rings is 2. The first-order valence-corrected chi connectivity index (χ1v) is 9.65. The van der Waals surface area contributed by atoms with Gasteiger partial charge in [-0.15, -0.1) is 0 Å². The lowest BCUT2D eigenvalue weighted by Crippen LogP contribution is -2.48. The average molecular weight is 387 g/mol. The van der Waals surface area contributed by atoms with Crippen molar-refractivity contribution >= 4 is 23.4 Å². The quantitative estimate of drug-likeness (QED) is 0.741. The second-order valence-corrected chi connectivity index (χ2v) is 7.22. The predicted octanol–water partition coefficient (Wildman–Crippen LogP) is 4.13. The fourth-order valence-corrected chi connectivity index (χ4v) is 3.00. The number of nitrogens with one attached hydrogen (secondary N) is 1. The summed E-state index contributed by atoms with van der Waals surface area (Å²) in [7, 11) is 0. The molecule has 2 rings (SSSR count). The molecule has 2 aromatic rings. The molecule has 144 valence electrons. The highest BCUT2D eigenvalue weighted by atomic mass is 35.5. The molecule has 0 heterocycles. The Morgan fingerprint density at radius 3 is 2.44 bits per heavy atom. The molecular formula is C22H27ClN2O2. The van der Waals surface area contributed by atoms with Crippen LogP contribution in [0.2, 0.25) is 5.02 Å². The molecule has 0 saturated carbocycles. The van der Waals surface area contributed by atoms with E-state index in [-0.39, 0.29) is 18.2 Å². The van der Waals surface area contributed by atoms with Gasteiger partial charge in [-0.05, 0) is 43.5 Å². The number of hydrogen-bond acceptors (Lipinski definition) is 2. The number of halogens is 1. The standard InChI is InChI=1S/C22H27ClN2O2/c1-4-12-24-22(27)17(3)25(15-18-10-8-16(2)9-11-18)21(26)14-19-6-5-7-20(23)13-19/h5-11,13,17H,4,12,14-15H2,1-3H3,(H,24,27). The maximum Gasteiger partial charge on any atom is 0.242 e. The Bertz CT molecular complexity index is 774. The Labute approximate surface area is 166 Å². The lowest BCUT2D eigenvalue weighted by Gasteiger charge is -2.29. The molecule has 1 atom stereocenters. The summed E-state index contributed by atoms with van der Waals surface area (Å²) < 4.78 is 0. The van der Waals surface area contributed by atoms with Crippen molar-refractivity contribution in [2.75, 3.05) is 6.54 Å². The van der Waals surface area contributed by atoms with Crippen LogP contribution in [0.15, 0.2) is 48.5 Å². The lowest BCUT2D eigenvalue weighted by molar-refractivity contribution is -0.140. The molecule has 2 amide bonds. The Morgan fingerprint density at radius 1 is 1.11 bits per heavy atom. The average Bonchev–Trinajstić information content (AvgIpc) is 2.65. The molecule has 0 fully saturated rings. The van der Waals surface area contributed by atoms with Crippen LogP contribution < -0.4 is 5.32 Å². The van der Waals surface area contributed by atoms with E-state index in [9.17, 15) is 9.59 Å². The normalized spacial score (nSPS) is 11.7. The number of rotatable bonds is 8. The highest BCUT2D eigenvalue weighted by Crippen LogP contribution is 2.15. The molecule has 0 radical (unpaired) electrons. The third-order valence-electron chi connectivity index (χ3n) is 4.43. The first-order chi connectivity index (χ1) is 12.9. The van der Waals surface area contributed by atoms with Gasteiger partial charge in [-0.3, -0.25) is 9.59 Å². The Balaban J connectivity index is 2.20. The molecule has 27 heavy (non-hydrogen) atoms. The second-order valence-electron chi connectivity index (χ2n) is 6.78. The van der Waals surface area contributed by atoms with E-state index < -0.39 is 6.04 Å². The van der Waals surface area contributed by atoms with Gasteiger partial charge < -0.3 is 10.2 Å². The maximum atomic E-state index is 13.0. The van der Waals surface area contributed by atoms with E-state index in [1.54, 1.807) is 24.0 Å². The van der Waals surface area contributed by atoms with Crippen LogP contribution in [-0.4, -0.2) is 29.3 Å². The molecule has 2 aromatic carbocycles. The van der Waals surface area contributed by atoms with Crippen molar-refractivity contribution in [2.45, 2.75) is 46.2 Å². The van der Waals surface area contributed by atoms with Crippen molar-refractivity contribution in [2.24, 2.45) is 0 Å². The topological polar surface area (TPSA) is 49.4 Å². The second kappa shape index (κ2) is 10.1. The Hall–Kier alpha value is -2.33. The zero-order valence-electron chi connectivity index (χ0n) is 16.2. The number of nitrogens with zero attached hydrogens (tertiary/aromatic N) is 1. The van der Waals surface area contributed by atoms with Crippen molar-refractivity contribution in [3.63, 3.8) is 0 Å². The lowest BCUT2D eigenvalue weighted by atomic mass is 10.1. The van der Waals surface area contributed by atoms with Gasteiger partial charge in [-0.25, -0.2) is 0 Å². The van der Waals surface area contributed by atoms with Crippen molar-refractivity contribution in [1.29, 1.82) is 0 Å². The van der Waals surface area contributed by atoms with E-state index in [0.717, 1.165) is 23.1 Å². The summed E-state index contributed by atoms with van der Waals surface area (Å²) in [5, 5.41) is 3.48. The summed E-state index contributed by atoms with van der Waals surface area (Å²) in [6.45, 7) is 6.78. The van der Waals surface area contributed by atoms with Crippen LogP contribution in [0.5, 0.6) is 0 Å². The monoisotopic (exact) mass is 386 g/mol. The molecule has 0 bridgehead atoms. The van der Waals surface area contributed by atoms with Crippen molar-refractivity contribution in [3.05, 3.63) is 70.2 Å². The van der Waals surface area contributed by atoms with E-state index in [4.69, 9.17) is 11.6 Å². The van der Waals surface area contributed by atoms with Crippen molar-refractivity contribution in [3.8, 4) is 0 Å². The Morgan fingerprint density at radius 2 is 1.81 bits per heavy atom. The van der Waals surface area contributed by atoms with Crippen LogP contribution in [0.1, 0.15) is 37.0 Å². The first-order valence-electron chi connectivity index (χ1n) is 9.28. The van der Waals surface area contributed by atoms with Crippen LogP contribution in [0, 0.1) is 6.92 Å². The first kappa shape index (κ1) is 21.0. The predicted molar refractivity (Wildman–Crippen MR) is 110 cm³/mol. The molecule has 1 unspecified atom stereocenters. The summed E-state index contributed by atoms with van der Waals surface area (Å²) in [6, 6.07) is 14.7. The minimum atomic E-state index is -0.551. The molecular weight excluding hydrogens is 360 g/mol. The third-order valence-corrected chi connectivity index (χ3v) is 4.67. The van der Waals surface area contributed by atoms with Gasteiger partial charge in [0.15, 0.2) is 0 Å². The summed E-state index contributed by atoms with van der Waals surface area (Å²) in [6.07, 6.45) is 1.06. The summed E-state index contributed by atoms with van der Waals surface area (Å²) >= 11 is 6.03. The number of hydrogen-bond donors (Lipinski definition) is 1. The van der Waals surface area contributed by atoms with Crippen LogP contribution in [0.3, 0.4) is 0 Å². The number of carbonyl (C=O) groups is 2. The third kappa shape index (κ3) is 6.40. The van der Waals surface area contributed by atoms with E-state index in [2.05, 4.69) is 5.32 Å². The highest BCUT2D eigenvalue weighted by Gasteiger charge is 2.26. The summed E-state index contributed by atoms with van der Waals surface area (Å²) in [5.74, 6) is -0.236. The molecule has 0 aliphatic carbocycles. The van der Waals surface area contributed by atoms with Gasteiger partial charge in [0.2, 0.25) is 11.8 Å². The van der Waals surface area contributed by atoms with E-state index in [1.807, 2.05) is 50.2 Å². The number of carbonyl (C=O) groups excluding carboxylic acids is 2. The van der Waals surface area contributed by atoms with E-state index in [0.29, 0.717) is 18.1 Å². The molecule has 0 saturated heterocycles. The molecule has 4 nitrogen and oxygen atoms in total. The molecule has 0 spiro atoms. The molecule has 1 N–H and O–H groups in total. The fraction of sp³-hybridized carbons (Fsp3) is 0.364. The van der Waals surface area contributed by atoms with Gasteiger partial charge in [0, 0.05) is 18.1 Å². The van der Waals surface area contributed by atoms with Crippen LogP contribution in [0.25, 0.3) is 0 Å². The van der Waals surface area contributed by atoms with Gasteiger partial charge in [-0.2, -0.15) is 0 Å². The minimum absolute atomic E-state index is 0.100. The molecule has 0 aliphatic heterocycles. The maximum absolute atomic E-state index is 13.0. The minimum Gasteiger partial charge on any atom is -0.354 e. The van der Waals surface area contributed by atoms with E-state index >= 15 is 0 Å². The molecule has 0 aliphatic rings. The number of aryl methyl sites for hydroxylation is 1. The largest absolute Gasteiger partial charge is 0.354 e. The molecule has 0 aromatic heterocycles. The van der Waals surface area contributed by atoms with Crippen LogP contribution >= 0.6 is 11.6 Å². The van der Waals surface area contributed by atoms with Gasteiger partial charge >= 0.3 is 0 Å². The highest BCUT2D eigenvalue weighted by molar-refractivity contribution is 6.30. The Kier molecular flexibility index (Phi) is 7.86. The number of amides is 2. The van der Waals surface area contributed by atoms with Crippen LogP contribution in [-0.2, 0) is 22.6 Å². The van der Waals surface area contributed by atoms with Gasteiger partial charge in [0.1, 0.15) is 6.04 Å². The van der Waals surface area contributed by atoms with E-state index in [1.165, 1.54) is 0 Å². The van der Waals surface area contributed by atoms with Crippen LogP contribution in [0.4, 0.5) is 0 Å². The van der Waals surface area contributed by atoms with Crippen molar-refractivity contribution in [1.82, 2.24) is 10.2 Å². The van der Waals surface area contributed by atoms with Gasteiger partial charge in [0.05, 0.1) is 6.42 Å². The van der Waals surface area contributed by atoms with Gasteiger partial charge in [0.25, 0.3) is 0 Å². The SMILES string of the molecule is CCCNC(=O)C(C)N(Cc1ccc(C)cc1)C(=O)Cc1cccc(Cl)c1. The summed E-state index contributed by atoms with van der Waals surface area (Å²) in [4.78, 5) is 27.1.